The Morgan fingerprint density at radius 1 is 1.26 bits per heavy atom. The second-order valence-electron chi connectivity index (χ2n) is 4.83. The first-order valence-corrected chi connectivity index (χ1v) is 6.28. The van der Waals surface area contributed by atoms with Gasteiger partial charge in [0.2, 0.25) is 0 Å². The molecule has 0 spiro atoms. The molecule has 0 aliphatic heterocycles. The molecule has 1 heterocycles. The lowest BCUT2D eigenvalue weighted by Crippen LogP contribution is -2.19. The number of hydrogen-bond donors (Lipinski definition) is 1. The molecule has 0 fully saturated rings. The number of aromatic nitrogens is 1. The molecule has 5 heteroatoms. The van der Waals surface area contributed by atoms with Crippen LogP contribution in [0.4, 0.5) is 13.2 Å². The van der Waals surface area contributed by atoms with Crippen LogP contribution in [0.2, 0.25) is 0 Å². The summed E-state index contributed by atoms with van der Waals surface area (Å²) < 4.78 is 40.1. The van der Waals surface area contributed by atoms with Crippen LogP contribution in [-0.4, -0.2) is 10.6 Å². The molecule has 0 aliphatic rings. The molecule has 1 aromatic carbocycles. The summed E-state index contributed by atoms with van der Waals surface area (Å²) in [5.74, 6) is 0. The van der Waals surface area contributed by atoms with E-state index >= 15 is 0 Å². The Morgan fingerprint density at radius 2 is 1.95 bits per heavy atom. The Hall–Kier alpha value is -1.49. The molecular weight excluding hydrogens is 253 g/mol. The van der Waals surface area contributed by atoms with Crippen molar-refractivity contribution in [3.05, 3.63) is 35.5 Å². The van der Waals surface area contributed by atoms with Crippen molar-refractivity contribution in [3.8, 4) is 0 Å². The number of alkyl halides is 3. The molecule has 2 nitrogen and oxygen atoms in total. The standard InChI is InChI=1S/C14H17F3N2/c1-3-19-12(6-9(2)18)7-10-4-5-11(8-13(10)19)14(15,16)17/h4-5,7-9H,3,6,18H2,1-2H3. The van der Waals surface area contributed by atoms with Gasteiger partial charge in [-0.2, -0.15) is 13.2 Å². The fourth-order valence-electron chi connectivity index (χ4n) is 2.36. The van der Waals surface area contributed by atoms with E-state index < -0.39 is 11.7 Å². The minimum Gasteiger partial charge on any atom is -0.345 e. The van der Waals surface area contributed by atoms with E-state index in [0.717, 1.165) is 17.1 Å². The minimum absolute atomic E-state index is 0.0169. The lowest BCUT2D eigenvalue weighted by atomic mass is 10.1. The van der Waals surface area contributed by atoms with Gasteiger partial charge in [0.1, 0.15) is 0 Å². The maximum Gasteiger partial charge on any atom is 0.416 e. The third kappa shape index (κ3) is 2.76. The zero-order valence-electron chi connectivity index (χ0n) is 11.0. The first-order chi connectivity index (χ1) is 8.82. The second kappa shape index (κ2) is 4.89. The van der Waals surface area contributed by atoms with Crippen LogP contribution in [0.3, 0.4) is 0 Å². The molecule has 2 aromatic rings. The molecular formula is C14H17F3N2. The summed E-state index contributed by atoms with van der Waals surface area (Å²) in [6.07, 6.45) is -3.65. The van der Waals surface area contributed by atoms with Gasteiger partial charge in [-0.15, -0.1) is 0 Å². The molecule has 0 bridgehead atoms. The molecule has 1 atom stereocenters. The summed E-state index contributed by atoms with van der Waals surface area (Å²) in [6.45, 7) is 4.44. The molecule has 2 N–H and O–H groups in total. The normalized spacial score (nSPS) is 14.0. The van der Waals surface area contributed by atoms with E-state index in [9.17, 15) is 13.2 Å². The fraction of sp³-hybridized carbons (Fsp3) is 0.429. The summed E-state index contributed by atoms with van der Waals surface area (Å²) in [5, 5.41) is 0.825. The Kier molecular flexibility index (Phi) is 3.58. The average Bonchev–Trinajstić information content (AvgIpc) is 2.62. The smallest absolute Gasteiger partial charge is 0.345 e. The van der Waals surface area contributed by atoms with E-state index in [0.29, 0.717) is 18.5 Å². The molecule has 2 rings (SSSR count). The summed E-state index contributed by atoms with van der Waals surface area (Å²) in [4.78, 5) is 0. The van der Waals surface area contributed by atoms with Crippen molar-refractivity contribution in [1.29, 1.82) is 0 Å². The van der Waals surface area contributed by atoms with Gasteiger partial charge in [-0.25, -0.2) is 0 Å². The monoisotopic (exact) mass is 270 g/mol. The SMILES string of the molecule is CCn1c(CC(C)N)cc2ccc(C(F)(F)F)cc21. The predicted molar refractivity (Wildman–Crippen MR) is 70.0 cm³/mol. The Morgan fingerprint density at radius 3 is 2.47 bits per heavy atom. The number of halogens is 3. The zero-order valence-corrected chi connectivity index (χ0v) is 11.0. The van der Waals surface area contributed by atoms with Crippen molar-refractivity contribution in [1.82, 2.24) is 4.57 Å². The second-order valence-corrected chi connectivity index (χ2v) is 4.83. The highest BCUT2D eigenvalue weighted by molar-refractivity contribution is 5.82. The molecule has 0 radical (unpaired) electrons. The number of nitrogens with zero attached hydrogens (tertiary/aromatic N) is 1. The number of benzene rings is 1. The zero-order chi connectivity index (χ0) is 14.2. The van der Waals surface area contributed by atoms with E-state index in [-0.39, 0.29) is 6.04 Å². The highest BCUT2D eigenvalue weighted by Crippen LogP contribution is 2.32. The molecule has 0 saturated heterocycles. The van der Waals surface area contributed by atoms with Gasteiger partial charge >= 0.3 is 6.18 Å². The Labute approximate surface area is 110 Å². The Balaban J connectivity index is 2.58. The fourth-order valence-corrected chi connectivity index (χ4v) is 2.36. The first kappa shape index (κ1) is 13.9. The number of hydrogen-bond acceptors (Lipinski definition) is 1. The van der Waals surface area contributed by atoms with E-state index in [1.165, 1.54) is 12.1 Å². The molecule has 0 saturated carbocycles. The minimum atomic E-state index is -4.31. The summed E-state index contributed by atoms with van der Waals surface area (Å²) in [6, 6.07) is 5.76. The highest BCUT2D eigenvalue weighted by Gasteiger charge is 2.30. The predicted octanol–water partition coefficient (Wildman–Crippen LogP) is 3.57. The van der Waals surface area contributed by atoms with Crippen LogP contribution in [0, 0.1) is 0 Å². The van der Waals surface area contributed by atoms with E-state index in [1.54, 1.807) is 0 Å². The Bertz CT molecular complexity index is 582. The van der Waals surface area contributed by atoms with Crippen molar-refractivity contribution < 1.29 is 13.2 Å². The molecule has 104 valence electrons. The summed E-state index contributed by atoms with van der Waals surface area (Å²) >= 11 is 0. The van der Waals surface area contributed by atoms with E-state index in [2.05, 4.69) is 0 Å². The van der Waals surface area contributed by atoms with Crippen LogP contribution in [0.5, 0.6) is 0 Å². The molecule has 0 amide bonds. The van der Waals surface area contributed by atoms with Gasteiger partial charge in [-0.3, -0.25) is 0 Å². The third-order valence-corrected chi connectivity index (χ3v) is 3.16. The third-order valence-electron chi connectivity index (χ3n) is 3.16. The topological polar surface area (TPSA) is 30.9 Å². The van der Waals surface area contributed by atoms with Crippen LogP contribution in [0.15, 0.2) is 24.3 Å². The number of rotatable bonds is 3. The van der Waals surface area contributed by atoms with Crippen LogP contribution in [0.1, 0.15) is 25.1 Å². The quantitative estimate of drug-likeness (QED) is 0.908. The number of nitrogens with two attached hydrogens (primary N) is 1. The summed E-state index contributed by atoms with van der Waals surface area (Å²) in [7, 11) is 0. The van der Waals surface area contributed by atoms with Crippen molar-refractivity contribution in [2.75, 3.05) is 0 Å². The average molecular weight is 270 g/mol. The first-order valence-electron chi connectivity index (χ1n) is 6.28. The lowest BCUT2D eigenvalue weighted by molar-refractivity contribution is -0.137. The maximum atomic E-state index is 12.7. The van der Waals surface area contributed by atoms with Gasteiger partial charge in [0.05, 0.1) is 5.56 Å². The summed E-state index contributed by atoms with van der Waals surface area (Å²) in [5.41, 5.74) is 6.76. The van der Waals surface area contributed by atoms with Crippen molar-refractivity contribution in [3.63, 3.8) is 0 Å². The number of fused-ring (bicyclic) bond motifs is 1. The molecule has 19 heavy (non-hydrogen) atoms. The van der Waals surface area contributed by atoms with E-state index in [4.69, 9.17) is 5.73 Å². The van der Waals surface area contributed by atoms with Gasteiger partial charge in [0, 0.05) is 30.2 Å². The maximum absolute atomic E-state index is 12.7. The van der Waals surface area contributed by atoms with Crippen molar-refractivity contribution in [2.45, 2.75) is 39.0 Å². The van der Waals surface area contributed by atoms with Crippen LogP contribution in [0.25, 0.3) is 10.9 Å². The molecule has 0 aliphatic carbocycles. The van der Waals surface area contributed by atoms with Gasteiger partial charge in [-0.05, 0) is 37.4 Å². The van der Waals surface area contributed by atoms with Crippen LogP contribution in [-0.2, 0) is 19.1 Å². The van der Waals surface area contributed by atoms with Crippen LogP contribution < -0.4 is 5.73 Å². The largest absolute Gasteiger partial charge is 0.416 e. The highest BCUT2D eigenvalue weighted by atomic mass is 19.4. The van der Waals surface area contributed by atoms with E-state index in [1.807, 2.05) is 24.5 Å². The number of aryl methyl sites for hydroxylation is 1. The van der Waals surface area contributed by atoms with Crippen molar-refractivity contribution >= 4 is 10.9 Å². The van der Waals surface area contributed by atoms with Gasteiger partial charge < -0.3 is 10.3 Å². The van der Waals surface area contributed by atoms with Crippen molar-refractivity contribution in [2.24, 2.45) is 5.73 Å². The van der Waals surface area contributed by atoms with Gasteiger partial charge in [0.15, 0.2) is 0 Å². The van der Waals surface area contributed by atoms with Gasteiger partial charge in [-0.1, -0.05) is 6.07 Å². The molecule has 1 aromatic heterocycles. The van der Waals surface area contributed by atoms with Crippen LogP contribution >= 0.6 is 0 Å². The van der Waals surface area contributed by atoms with Gasteiger partial charge in [0.25, 0.3) is 0 Å². The lowest BCUT2D eigenvalue weighted by Gasteiger charge is -2.11. The molecule has 1 unspecified atom stereocenters.